The van der Waals surface area contributed by atoms with Crippen molar-refractivity contribution in [2.24, 2.45) is 0 Å². The van der Waals surface area contributed by atoms with E-state index in [1.54, 1.807) is 19.1 Å². The van der Waals surface area contributed by atoms with E-state index < -0.39 is 34.1 Å². The van der Waals surface area contributed by atoms with Crippen molar-refractivity contribution in [1.29, 1.82) is 0 Å². The number of carbonyl (C=O) groups excluding carboxylic acids is 2. The molecule has 1 unspecified atom stereocenters. The summed E-state index contributed by atoms with van der Waals surface area (Å²) in [6, 6.07) is 17.1. The molecular formula is C29H32BrCl2N3O4S. The lowest BCUT2D eigenvalue weighted by Crippen LogP contribution is -2.54. The lowest BCUT2D eigenvalue weighted by molar-refractivity contribution is -0.140. The maximum Gasteiger partial charge on any atom is 0.264 e. The summed E-state index contributed by atoms with van der Waals surface area (Å²) in [5.74, 6) is -0.960. The van der Waals surface area contributed by atoms with Gasteiger partial charge in [0, 0.05) is 21.6 Å². The highest BCUT2D eigenvalue weighted by Gasteiger charge is 2.34. The maximum absolute atomic E-state index is 14.0. The van der Waals surface area contributed by atoms with Crippen molar-refractivity contribution < 1.29 is 18.0 Å². The number of halogens is 3. The number of hydrogen-bond donors (Lipinski definition) is 1. The van der Waals surface area contributed by atoms with Crippen LogP contribution < -0.4 is 9.62 Å². The van der Waals surface area contributed by atoms with Crippen LogP contribution in [0.15, 0.2) is 76.1 Å². The zero-order valence-corrected chi connectivity index (χ0v) is 26.8. The first kappa shape index (κ1) is 31.9. The van der Waals surface area contributed by atoms with Crippen LogP contribution in [0.4, 0.5) is 5.69 Å². The van der Waals surface area contributed by atoms with Gasteiger partial charge in [-0.2, -0.15) is 0 Å². The number of carbonyl (C=O) groups is 2. The lowest BCUT2D eigenvalue weighted by atomic mass is 10.1. The molecule has 11 heteroatoms. The smallest absolute Gasteiger partial charge is 0.264 e. The van der Waals surface area contributed by atoms with Crippen molar-refractivity contribution in [2.45, 2.75) is 57.6 Å². The molecule has 0 saturated carbocycles. The Balaban J connectivity index is 2.08. The van der Waals surface area contributed by atoms with E-state index in [0.29, 0.717) is 0 Å². The first-order chi connectivity index (χ1) is 18.6. The third-order valence-corrected chi connectivity index (χ3v) is 8.85. The minimum absolute atomic E-state index is 0.0140. The molecule has 0 spiro atoms. The van der Waals surface area contributed by atoms with E-state index in [2.05, 4.69) is 21.2 Å². The molecule has 0 saturated heterocycles. The highest BCUT2D eigenvalue weighted by Crippen LogP contribution is 2.33. The molecule has 0 aliphatic rings. The predicted octanol–water partition coefficient (Wildman–Crippen LogP) is 6.59. The Labute approximate surface area is 254 Å². The number of nitrogens with zero attached hydrogens (tertiary/aromatic N) is 2. The van der Waals surface area contributed by atoms with Gasteiger partial charge in [0.1, 0.15) is 12.6 Å². The molecule has 1 atom stereocenters. The van der Waals surface area contributed by atoms with Crippen molar-refractivity contribution in [1.82, 2.24) is 10.2 Å². The Kier molecular flexibility index (Phi) is 10.3. The molecule has 1 N–H and O–H groups in total. The summed E-state index contributed by atoms with van der Waals surface area (Å²) < 4.78 is 29.6. The van der Waals surface area contributed by atoms with Crippen LogP contribution in [0.3, 0.4) is 0 Å². The number of aryl methyl sites for hydroxylation is 1. The van der Waals surface area contributed by atoms with Gasteiger partial charge in [-0.3, -0.25) is 13.9 Å². The van der Waals surface area contributed by atoms with Gasteiger partial charge in [0.2, 0.25) is 11.8 Å². The zero-order valence-electron chi connectivity index (χ0n) is 22.9. The molecule has 3 rings (SSSR count). The quantitative estimate of drug-likeness (QED) is 0.279. The fraction of sp³-hybridized carbons (Fsp3) is 0.310. The normalized spacial score (nSPS) is 12.5. The van der Waals surface area contributed by atoms with Crippen molar-refractivity contribution in [3.8, 4) is 0 Å². The van der Waals surface area contributed by atoms with Gasteiger partial charge in [-0.25, -0.2) is 8.42 Å². The molecular weight excluding hydrogens is 637 g/mol. The average Bonchev–Trinajstić information content (AvgIpc) is 2.87. The zero-order chi connectivity index (χ0) is 29.8. The third-order valence-electron chi connectivity index (χ3n) is 6.00. The minimum Gasteiger partial charge on any atom is -0.350 e. The van der Waals surface area contributed by atoms with Crippen molar-refractivity contribution in [3.63, 3.8) is 0 Å². The van der Waals surface area contributed by atoms with E-state index in [1.807, 2.05) is 52.0 Å². The molecule has 0 heterocycles. The Bertz CT molecular complexity index is 1470. The summed E-state index contributed by atoms with van der Waals surface area (Å²) in [5, 5.41) is 3.25. The predicted molar refractivity (Wildman–Crippen MR) is 164 cm³/mol. The molecule has 0 radical (unpaired) electrons. The third kappa shape index (κ3) is 8.22. The largest absolute Gasteiger partial charge is 0.350 e. The van der Waals surface area contributed by atoms with Crippen molar-refractivity contribution in [3.05, 3.63) is 92.4 Å². The number of sulfonamides is 1. The van der Waals surface area contributed by atoms with E-state index in [4.69, 9.17) is 23.2 Å². The van der Waals surface area contributed by atoms with E-state index in [9.17, 15) is 18.0 Å². The number of nitrogens with one attached hydrogen (secondary N) is 1. The van der Waals surface area contributed by atoms with Crippen LogP contribution in [0.25, 0.3) is 0 Å². The summed E-state index contributed by atoms with van der Waals surface area (Å²) in [6.07, 6.45) is 0. The second kappa shape index (κ2) is 12.9. The molecule has 0 fully saturated rings. The Morgan fingerprint density at radius 2 is 1.57 bits per heavy atom. The van der Waals surface area contributed by atoms with Crippen molar-refractivity contribution >= 4 is 66.7 Å². The first-order valence-corrected chi connectivity index (χ1v) is 15.5. The van der Waals surface area contributed by atoms with E-state index in [0.717, 1.165) is 19.9 Å². The summed E-state index contributed by atoms with van der Waals surface area (Å²) >= 11 is 16.1. The monoisotopic (exact) mass is 667 g/mol. The Hall–Kier alpha value is -2.59. The van der Waals surface area contributed by atoms with Crippen LogP contribution >= 0.6 is 39.1 Å². The molecule has 0 aromatic heterocycles. The van der Waals surface area contributed by atoms with Crippen LogP contribution in [0.5, 0.6) is 0 Å². The Morgan fingerprint density at radius 1 is 0.975 bits per heavy atom. The molecule has 2 amide bonds. The first-order valence-electron chi connectivity index (χ1n) is 12.5. The number of amides is 2. The van der Waals surface area contributed by atoms with Gasteiger partial charge in [-0.15, -0.1) is 0 Å². The number of benzene rings is 3. The van der Waals surface area contributed by atoms with Gasteiger partial charge >= 0.3 is 0 Å². The van der Waals surface area contributed by atoms with Crippen molar-refractivity contribution in [2.75, 3.05) is 10.8 Å². The van der Waals surface area contributed by atoms with Crippen LogP contribution in [-0.4, -0.2) is 43.3 Å². The standard InChI is InChI=1S/C29H32BrCl2N3O4S/c1-19-6-13-24(14-7-19)40(38,39)35(26-16-23(31)12-15-25(26)32)18-27(36)34(17-21-8-10-22(30)11-9-21)20(2)28(37)33-29(3,4)5/h6-16,20H,17-18H2,1-5H3,(H,33,37). The molecule has 40 heavy (non-hydrogen) atoms. The average molecular weight is 669 g/mol. The minimum atomic E-state index is -4.26. The number of anilines is 1. The van der Waals surface area contributed by atoms with E-state index in [-0.39, 0.29) is 33.1 Å². The molecule has 214 valence electrons. The molecule has 3 aromatic carbocycles. The Morgan fingerprint density at radius 3 is 2.15 bits per heavy atom. The lowest BCUT2D eigenvalue weighted by Gasteiger charge is -2.33. The fourth-order valence-corrected chi connectivity index (χ4v) is 6.00. The molecule has 7 nitrogen and oxygen atoms in total. The SMILES string of the molecule is Cc1ccc(S(=O)(=O)N(CC(=O)N(Cc2ccc(Br)cc2)C(C)C(=O)NC(C)(C)C)c2cc(Cl)ccc2Cl)cc1. The molecule has 0 bridgehead atoms. The summed E-state index contributed by atoms with van der Waals surface area (Å²) in [5.41, 5.74) is 1.16. The fourth-order valence-electron chi connectivity index (χ4n) is 3.87. The van der Waals surface area contributed by atoms with Crippen LogP contribution in [0, 0.1) is 6.92 Å². The maximum atomic E-state index is 14.0. The van der Waals surface area contributed by atoms with Crippen LogP contribution in [0.1, 0.15) is 38.8 Å². The number of hydrogen-bond acceptors (Lipinski definition) is 4. The molecule has 0 aliphatic carbocycles. The summed E-state index contributed by atoms with van der Waals surface area (Å²) in [4.78, 5) is 28.5. The van der Waals surface area contributed by atoms with Gasteiger partial charge in [0.15, 0.2) is 0 Å². The molecule has 0 aliphatic heterocycles. The van der Waals surface area contributed by atoms with Crippen LogP contribution in [-0.2, 0) is 26.2 Å². The van der Waals surface area contributed by atoms with Gasteiger partial charge in [-0.1, -0.05) is 69.0 Å². The second-order valence-corrected chi connectivity index (χ2v) is 14.1. The van der Waals surface area contributed by atoms with E-state index >= 15 is 0 Å². The number of rotatable bonds is 9. The second-order valence-electron chi connectivity index (χ2n) is 10.5. The van der Waals surface area contributed by atoms with Gasteiger partial charge in [-0.05, 0) is 82.6 Å². The molecule has 3 aromatic rings. The van der Waals surface area contributed by atoms with Crippen LogP contribution in [0.2, 0.25) is 10.0 Å². The van der Waals surface area contributed by atoms with Gasteiger partial charge in [0.25, 0.3) is 10.0 Å². The summed E-state index contributed by atoms with van der Waals surface area (Å²) in [6.45, 7) is 8.45. The van der Waals surface area contributed by atoms with Gasteiger partial charge in [0.05, 0.1) is 15.6 Å². The summed E-state index contributed by atoms with van der Waals surface area (Å²) in [7, 11) is -4.26. The topological polar surface area (TPSA) is 86.8 Å². The highest BCUT2D eigenvalue weighted by molar-refractivity contribution is 9.10. The van der Waals surface area contributed by atoms with Gasteiger partial charge < -0.3 is 10.2 Å². The van der Waals surface area contributed by atoms with E-state index in [1.165, 1.54) is 35.2 Å². The highest BCUT2D eigenvalue weighted by atomic mass is 79.9.